The van der Waals surface area contributed by atoms with Crippen LogP contribution in [0.5, 0.6) is 0 Å². The molecule has 1 aliphatic rings. The number of aliphatic hydroxyl groups is 1. The third-order valence-electron chi connectivity index (χ3n) is 4.84. The SMILES string of the molecule is CC1=C(C(=O)OCCCCCCO)C(c2cccc([N+](=O)[O-])c2)C([N+](=O)[O-])=C(C)N1. The van der Waals surface area contributed by atoms with E-state index in [2.05, 4.69) is 5.32 Å². The van der Waals surface area contributed by atoms with Crippen molar-refractivity contribution in [1.29, 1.82) is 0 Å². The molecule has 1 unspecified atom stereocenters. The molecule has 1 aromatic rings. The average Bonchev–Trinajstić information content (AvgIpc) is 2.69. The van der Waals surface area contributed by atoms with Crippen LogP contribution in [-0.2, 0) is 9.53 Å². The van der Waals surface area contributed by atoms with E-state index in [0.717, 1.165) is 12.8 Å². The van der Waals surface area contributed by atoms with Gasteiger partial charge in [-0.1, -0.05) is 18.6 Å². The van der Waals surface area contributed by atoms with Gasteiger partial charge in [0.2, 0.25) is 0 Å². The normalized spacial score (nSPS) is 16.3. The molecule has 30 heavy (non-hydrogen) atoms. The fourth-order valence-corrected chi connectivity index (χ4v) is 3.45. The van der Waals surface area contributed by atoms with Crippen LogP contribution in [0.25, 0.3) is 0 Å². The summed E-state index contributed by atoms with van der Waals surface area (Å²) in [6, 6.07) is 5.48. The maximum atomic E-state index is 12.8. The van der Waals surface area contributed by atoms with E-state index in [1.807, 2.05) is 0 Å². The van der Waals surface area contributed by atoms with E-state index < -0.39 is 21.7 Å². The lowest BCUT2D eigenvalue weighted by Crippen LogP contribution is -2.31. The van der Waals surface area contributed by atoms with Crippen LogP contribution in [0.15, 0.2) is 46.9 Å². The Kier molecular flexibility index (Phi) is 8.05. The molecule has 0 aromatic heterocycles. The van der Waals surface area contributed by atoms with E-state index in [1.165, 1.54) is 31.2 Å². The van der Waals surface area contributed by atoms with Crippen LogP contribution >= 0.6 is 0 Å². The molecule has 2 rings (SSSR count). The van der Waals surface area contributed by atoms with Gasteiger partial charge in [0.1, 0.15) is 5.92 Å². The molecule has 10 heteroatoms. The van der Waals surface area contributed by atoms with Crippen molar-refractivity contribution in [3.8, 4) is 0 Å². The fourth-order valence-electron chi connectivity index (χ4n) is 3.45. The van der Waals surface area contributed by atoms with E-state index in [1.54, 1.807) is 6.92 Å². The number of nitrogens with zero attached hydrogens (tertiary/aromatic N) is 2. The first-order chi connectivity index (χ1) is 14.3. The summed E-state index contributed by atoms with van der Waals surface area (Å²) in [6.45, 7) is 3.38. The average molecular weight is 419 g/mol. The highest BCUT2D eigenvalue weighted by atomic mass is 16.6. The minimum Gasteiger partial charge on any atom is -0.462 e. The molecular formula is C20H25N3O7. The first kappa shape index (κ1) is 23.0. The number of ether oxygens (including phenoxy) is 1. The van der Waals surface area contributed by atoms with Crippen molar-refractivity contribution < 1.29 is 24.5 Å². The van der Waals surface area contributed by atoms with E-state index in [4.69, 9.17) is 9.84 Å². The Morgan fingerprint density at radius 3 is 2.43 bits per heavy atom. The van der Waals surface area contributed by atoms with Gasteiger partial charge >= 0.3 is 5.97 Å². The number of benzene rings is 1. The van der Waals surface area contributed by atoms with Gasteiger partial charge in [0.05, 0.1) is 27.7 Å². The topological polar surface area (TPSA) is 145 Å². The van der Waals surface area contributed by atoms with Crippen LogP contribution in [0.4, 0.5) is 5.69 Å². The highest BCUT2D eigenvalue weighted by Crippen LogP contribution is 2.39. The first-order valence-corrected chi connectivity index (χ1v) is 9.63. The quantitative estimate of drug-likeness (QED) is 0.255. The first-order valence-electron chi connectivity index (χ1n) is 9.63. The maximum absolute atomic E-state index is 12.8. The molecule has 0 saturated heterocycles. The van der Waals surface area contributed by atoms with Crippen molar-refractivity contribution in [3.05, 3.63) is 72.7 Å². The van der Waals surface area contributed by atoms with Gasteiger partial charge in [0.25, 0.3) is 11.4 Å². The second kappa shape index (κ2) is 10.5. The summed E-state index contributed by atoms with van der Waals surface area (Å²) < 4.78 is 5.35. The standard InChI is InChI=1S/C20H25N3O7/c1-13-17(20(25)30-11-6-4-3-5-10-24)18(19(23(28)29)14(2)21-13)15-8-7-9-16(12-15)22(26)27/h7-9,12,18,21,24H,3-6,10-11H2,1-2H3. The van der Waals surface area contributed by atoms with Crippen LogP contribution in [0, 0.1) is 20.2 Å². The highest BCUT2D eigenvalue weighted by molar-refractivity contribution is 5.92. The zero-order chi connectivity index (χ0) is 22.3. The van der Waals surface area contributed by atoms with Crippen molar-refractivity contribution in [2.75, 3.05) is 13.2 Å². The van der Waals surface area contributed by atoms with E-state index >= 15 is 0 Å². The number of dihydropyridines is 1. The molecule has 0 bridgehead atoms. The minimum atomic E-state index is -1.09. The summed E-state index contributed by atoms with van der Waals surface area (Å²) in [5.41, 5.74) is 0.514. The second-order valence-electron chi connectivity index (χ2n) is 6.99. The number of aliphatic hydroxyl groups excluding tert-OH is 1. The van der Waals surface area contributed by atoms with Gasteiger partial charge in [-0.05, 0) is 38.7 Å². The molecule has 0 saturated carbocycles. The van der Waals surface area contributed by atoms with E-state index in [-0.39, 0.29) is 41.4 Å². The second-order valence-corrected chi connectivity index (χ2v) is 6.99. The summed E-state index contributed by atoms with van der Waals surface area (Å²) in [6.07, 6.45) is 2.86. The third-order valence-corrected chi connectivity index (χ3v) is 4.84. The predicted octanol–water partition coefficient (Wildman–Crippen LogP) is 3.16. The van der Waals surface area contributed by atoms with Crippen LogP contribution in [0.3, 0.4) is 0 Å². The van der Waals surface area contributed by atoms with E-state index in [9.17, 15) is 25.0 Å². The molecular weight excluding hydrogens is 394 g/mol. The smallest absolute Gasteiger partial charge is 0.336 e. The van der Waals surface area contributed by atoms with Crippen molar-refractivity contribution in [1.82, 2.24) is 5.32 Å². The monoisotopic (exact) mass is 419 g/mol. The molecule has 1 aromatic carbocycles. The molecule has 1 aliphatic heterocycles. The number of unbranched alkanes of at least 4 members (excludes halogenated alkanes) is 3. The fraction of sp³-hybridized carbons (Fsp3) is 0.450. The molecule has 2 N–H and O–H groups in total. The molecule has 10 nitrogen and oxygen atoms in total. The Labute approximate surface area is 173 Å². The van der Waals surface area contributed by atoms with Crippen LogP contribution in [0.2, 0.25) is 0 Å². The van der Waals surface area contributed by atoms with Gasteiger partial charge in [0, 0.05) is 24.4 Å². The Morgan fingerprint density at radius 2 is 1.80 bits per heavy atom. The summed E-state index contributed by atoms with van der Waals surface area (Å²) in [4.78, 5) is 34.6. The number of carbonyl (C=O) groups is 1. The Balaban J connectivity index is 2.35. The zero-order valence-corrected chi connectivity index (χ0v) is 16.9. The Hall–Kier alpha value is -3.27. The largest absolute Gasteiger partial charge is 0.462 e. The van der Waals surface area contributed by atoms with Crippen LogP contribution < -0.4 is 5.32 Å². The van der Waals surface area contributed by atoms with Crippen molar-refractivity contribution in [2.24, 2.45) is 0 Å². The van der Waals surface area contributed by atoms with Gasteiger partial charge in [-0.25, -0.2) is 4.79 Å². The lowest BCUT2D eigenvalue weighted by atomic mass is 9.84. The van der Waals surface area contributed by atoms with E-state index in [0.29, 0.717) is 18.5 Å². The van der Waals surface area contributed by atoms with Crippen molar-refractivity contribution >= 4 is 11.7 Å². The number of carbonyl (C=O) groups excluding carboxylic acids is 1. The number of allylic oxidation sites excluding steroid dienone is 3. The van der Waals surface area contributed by atoms with Crippen LogP contribution in [-0.4, -0.2) is 34.1 Å². The Bertz CT molecular complexity index is 892. The number of non-ortho nitro benzene ring substituents is 1. The summed E-state index contributed by atoms with van der Waals surface area (Å²) in [7, 11) is 0. The van der Waals surface area contributed by atoms with Gasteiger partial charge in [-0.15, -0.1) is 0 Å². The molecule has 0 fully saturated rings. The molecule has 0 amide bonds. The molecule has 0 radical (unpaired) electrons. The predicted molar refractivity (Wildman–Crippen MR) is 108 cm³/mol. The highest BCUT2D eigenvalue weighted by Gasteiger charge is 2.41. The number of nitro groups is 2. The summed E-state index contributed by atoms with van der Waals surface area (Å²) in [5.74, 6) is -1.80. The van der Waals surface area contributed by atoms with Gasteiger partial charge in [-0.3, -0.25) is 20.2 Å². The van der Waals surface area contributed by atoms with Crippen molar-refractivity contribution in [3.63, 3.8) is 0 Å². The third kappa shape index (κ3) is 5.41. The number of nitrogens with one attached hydrogen (secondary N) is 1. The Morgan fingerprint density at radius 1 is 1.10 bits per heavy atom. The van der Waals surface area contributed by atoms with Gasteiger partial charge in [0.15, 0.2) is 0 Å². The molecule has 0 spiro atoms. The number of hydrogen-bond donors (Lipinski definition) is 2. The molecule has 162 valence electrons. The van der Waals surface area contributed by atoms with Crippen molar-refractivity contribution in [2.45, 2.75) is 45.4 Å². The van der Waals surface area contributed by atoms with Gasteiger partial charge < -0.3 is 15.2 Å². The lowest BCUT2D eigenvalue weighted by Gasteiger charge is -2.26. The summed E-state index contributed by atoms with van der Waals surface area (Å²) in [5, 5.41) is 34.6. The number of esters is 1. The molecule has 1 heterocycles. The number of nitro benzene ring substituents is 1. The van der Waals surface area contributed by atoms with Crippen LogP contribution in [0.1, 0.15) is 51.0 Å². The molecule has 1 atom stereocenters. The maximum Gasteiger partial charge on any atom is 0.336 e. The van der Waals surface area contributed by atoms with Gasteiger partial charge in [-0.2, -0.15) is 0 Å². The number of rotatable bonds is 10. The lowest BCUT2D eigenvalue weighted by molar-refractivity contribution is -0.431. The zero-order valence-electron chi connectivity index (χ0n) is 16.9. The molecule has 0 aliphatic carbocycles. The summed E-state index contributed by atoms with van der Waals surface area (Å²) >= 11 is 0. The minimum absolute atomic E-state index is 0.0585. The number of hydrogen-bond acceptors (Lipinski definition) is 8.